The van der Waals surface area contributed by atoms with E-state index in [9.17, 15) is 13.2 Å². The van der Waals surface area contributed by atoms with Crippen LogP contribution in [0.3, 0.4) is 0 Å². The summed E-state index contributed by atoms with van der Waals surface area (Å²) in [5.41, 5.74) is 3.84. The Bertz CT molecular complexity index is 1780. The van der Waals surface area contributed by atoms with E-state index in [-0.39, 0.29) is 10.8 Å². The number of para-hydroxylation sites is 1. The smallest absolute Gasteiger partial charge is 0.264 e. The maximum absolute atomic E-state index is 13.9. The fourth-order valence-corrected chi connectivity index (χ4v) is 7.36. The molecule has 0 unspecified atom stereocenters. The van der Waals surface area contributed by atoms with Crippen LogP contribution >= 0.6 is 11.3 Å². The summed E-state index contributed by atoms with van der Waals surface area (Å²) in [5.74, 6) is 0.493. The summed E-state index contributed by atoms with van der Waals surface area (Å²) < 4.78 is 34.9. The van der Waals surface area contributed by atoms with E-state index in [0.29, 0.717) is 42.5 Å². The molecule has 0 saturated carbocycles. The molecule has 6 rings (SSSR count). The van der Waals surface area contributed by atoms with Gasteiger partial charge in [-0.15, -0.1) is 0 Å². The molecule has 0 saturated heterocycles. The lowest BCUT2D eigenvalue weighted by atomic mass is 10.1. The Morgan fingerprint density at radius 3 is 2.50 bits per heavy atom. The van der Waals surface area contributed by atoms with Crippen molar-refractivity contribution in [1.29, 1.82) is 0 Å². The van der Waals surface area contributed by atoms with Crippen molar-refractivity contribution >= 4 is 48.3 Å². The molecule has 0 radical (unpaired) electrons. The van der Waals surface area contributed by atoms with Gasteiger partial charge in [0.25, 0.3) is 15.9 Å². The number of hydrogen-bond donors (Lipinski definition) is 0. The lowest BCUT2D eigenvalue weighted by Gasteiger charge is -2.21. The third kappa shape index (κ3) is 4.94. The fourth-order valence-electron chi connectivity index (χ4n) is 4.87. The number of sulfonamides is 1. The van der Waals surface area contributed by atoms with Gasteiger partial charge in [-0.1, -0.05) is 59.9 Å². The highest BCUT2D eigenvalue weighted by atomic mass is 32.2. The molecule has 0 atom stereocenters. The van der Waals surface area contributed by atoms with Gasteiger partial charge >= 0.3 is 0 Å². The molecule has 0 N–H and O–H groups in total. The van der Waals surface area contributed by atoms with E-state index < -0.39 is 10.0 Å². The minimum Gasteiger partial charge on any atom is -0.494 e. The summed E-state index contributed by atoms with van der Waals surface area (Å²) >= 11 is 1.42. The SMILES string of the molecule is CCOc1ccc2nc(N(Cc3ccccc3)C(=O)c3ccc(S(=O)(=O)N4CCc5ccccc54)cc3)sc2c1. The summed E-state index contributed by atoms with van der Waals surface area (Å²) in [7, 11) is -3.76. The number of hydrogen-bond acceptors (Lipinski definition) is 6. The van der Waals surface area contributed by atoms with Gasteiger partial charge < -0.3 is 4.74 Å². The van der Waals surface area contributed by atoms with E-state index in [2.05, 4.69) is 0 Å². The Morgan fingerprint density at radius 1 is 0.975 bits per heavy atom. The van der Waals surface area contributed by atoms with Crippen molar-refractivity contribution < 1.29 is 17.9 Å². The van der Waals surface area contributed by atoms with Gasteiger partial charge in [-0.05, 0) is 73.0 Å². The molecule has 0 spiro atoms. The highest BCUT2D eigenvalue weighted by Crippen LogP contribution is 2.35. The predicted octanol–water partition coefficient (Wildman–Crippen LogP) is 6.29. The van der Waals surface area contributed by atoms with Gasteiger partial charge in [0, 0.05) is 12.1 Å². The number of rotatable bonds is 8. The molecule has 2 heterocycles. The molecule has 202 valence electrons. The van der Waals surface area contributed by atoms with E-state index in [1.165, 1.54) is 27.8 Å². The second-order valence-corrected chi connectivity index (χ2v) is 12.3. The van der Waals surface area contributed by atoms with Crippen molar-refractivity contribution in [2.24, 2.45) is 0 Å². The van der Waals surface area contributed by atoms with E-state index in [1.807, 2.05) is 79.7 Å². The third-order valence-corrected chi connectivity index (χ3v) is 9.72. The maximum atomic E-state index is 13.9. The topological polar surface area (TPSA) is 79.8 Å². The maximum Gasteiger partial charge on any atom is 0.264 e. The monoisotopic (exact) mass is 569 g/mol. The number of thiazole rings is 1. The summed E-state index contributed by atoms with van der Waals surface area (Å²) in [4.78, 5) is 20.4. The Labute approximate surface area is 237 Å². The van der Waals surface area contributed by atoms with Crippen molar-refractivity contribution in [2.45, 2.75) is 24.8 Å². The Hall–Kier alpha value is -4.21. The summed E-state index contributed by atoms with van der Waals surface area (Å²) in [6.07, 6.45) is 0.675. The quantitative estimate of drug-likeness (QED) is 0.219. The molecule has 1 amide bonds. The van der Waals surface area contributed by atoms with Gasteiger partial charge in [-0.25, -0.2) is 13.4 Å². The van der Waals surface area contributed by atoms with Crippen LogP contribution in [0.1, 0.15) is 28.4 Å². The summed E-state index contributed by atoms with van der Waals surface area (Å²) in [5, 5.41) is 0.558. The predicted molar refractivity (Wildman–Crippen MR) is 159 cm³/mol. The molecule has 40 heavy (non-hydrogen) atoms. The Balaban J connectivity index is 1.32. The Morgan fingerprint density at radius 2 is 1.73 bits per heavy atom. The molecule has 1 aliphatic rings. The summed E-state index contributed by atoms with van der Waals surface area (Å²) in [6, 6.07) is 29.1. The molecule has 0 aliphatic carbocycles. The Kier molecular flexibility index (Phi) is 7.00. The molecular formula is C31H27N3O4S2. The van der Waals surface area contributed by atoms with Crippen molar-refractivity contribution in [3.05, 3.63) is 114 Å². The first-order valence-electron chi connectivity index (χ1n) is 13.0. The number of anilines is 2. The van der Waals surface area contributed by atoms with Gasteiger partial charge in [0.15, 0.2) is 5.13 Å². The van der Waals surface area contributed by atoms with Crippen LogP contribution in [0.2, 0.25) is 0 Å². The molecule has 4 aromatic carbocycles. The highest BCUT2D eigenvalue weighted by Gasteiger charge is 2.31. The number of benzene rings is 4. The zero-order valence-corrected chi connectivity index (χ0v) is 23.5. The van der Waals surface area contributed by atoms with Crippen molar-refractivity contribution in [2.75, 3.05) is 22.4 Å². The van der Waals surface area contributed by atoms with Gasteiger partial charge in [-0.3, -0.25) is 14.0 Å². The van der Waals surface area contributed by atoms with Crippen LogP contribution in [0, 0.1) is 0 Å². The van der Waals surface area contributed by atoms with Crippen molar-refractivity contribution in [1.82, 2.24) is 4.98 Å². The number of carbonyl (C=O) groups is 1. The zero-order chi connectivity index (χ0) is 27.7. The van der Waals surface area contributed by atoms with Crippen LogP contribution in [-0.4, -0.2) is 32.5 Å². The molecule has 7 nitrogen and oxygen atoms in total. The summed E-state index contributed by atoms with van der Waals surface area (Å²) in [6.45, 7) is 3.22. The van der Waals surface area contributed by atoms with Crippen LogP contribution in [0.5, 0.6) is 5.75 Å². The van der Waals surface area contributed by atoms with Gasteiger partial charge in [0.05, 0.1) is 34.0 Å². The first-order valence-corrected chi connectivity index (χ1v) is 15.3. The largest absolute Gasteiger partial charge is 0.494 e. The van der Waals surface area contributed by atoms with Crippen molar-refractivity contribution in [3.8, 4) is 5.75 Å². The number of fused-ring (bicyclic) bond motifs is 2. The second kappa shape index (κ2) is 10.7. The van der Waals surface area contributed by atoms with Crippen LogP contribution < -0.4 is 13.9 Å². The zero-order valence-electron chi connectivity index (χ0n) is 21.9. The standard InChI is InChI=1S/C31H27N3O4S2/c1-2-38-25-14-17-27-29(20-25)39-31(32-27)33(21-22-8-4-3-5-9-22)30(35)24-12-15-26(16-13-24)40(36,37)34-19-18-23-10-6-7-11-28(23)34/h3-17,20H,2,18-19,21H2,1H3. The molecule has 9 heteroatoms. The van der Waals surface area contributed by atoms with Gasteiger partial charge in [-0.2, -0.15) is 0 Å². The minimum atomic E-state index is -3.76. The average Bonchev–Trinajstić information content (AvgIpc) is 3.61. The molecule has 0 bridgehead atoms. The van der Waals surface area contributed by atoms with E-state index in [0.717, 1.165) is 27.1 Å². The molecule has 0 fully saturated rings. The lowest BCUT2D eigenvalue weighted by Crippen LogP contribution is -2.31. The molecule has 1 aromatic heterocycles. The highest BCUT2D eigenvalue weighted by molar-refractivity contribution is 7.92. The van der Waals surface area contributed by atoms with Crippen LogP contribution in [0.4, 0.5) is 10.8 Å². The first kappa shape index (κ1) is 26.0. The number of nitrogens with zero attached hydrogens (tertiary/aromatic N) is 3. The van der Waals surface area contributed by atoms with Crippen LogP contribution in [-0.2, 0) is 23.0 Å². The number of ether oxygens (including phenoxy) is 1. The van der Waals surface area contributed by atoms with E-state index >= 15 is 0 Å². The van der Waals surface area contributed by atoms with E-state index in [1.54, 1.807) is 17.0 Å². The van der Waals surface area contributed by atoms with Crippen molar-refractivity contribution in [3.63, 3.8) is 0 Å². The third-order valence-electron chi connectivity index (χ3n) is 6.85. The second-order valence-electron chi connectivity index (χ2n) is 9.42. The minimum absolute atomic E-state index is 0.152. The first-order chi connectivity index (χ1) is 19.4. The fraction of sp³-hybridized carbons (Fsp3) is 0.161. The number of aromatic nitrogens is 1. The van der Waals surface area contributed by atoms with E-state index in [4.69, 9.17) is 9.72 Å². The van der Waals surface area contributed by atoms with Gasteiger partial charge in [0.2, 0.25) is 0 Å². The number of carbonyl (C=O) groups excluding carboxylic acids is 1. The van der Waals surface area contributed by atoms with Gasteiger partial charge in [0.1, 0.15) is 5.75 Å². The lowest BCUT2D eigenvalue weighted by molar-refractivity contribution is 0.0985. The number of amides is 1. The molecular weight excluding hydrogens is 542 g/mol. The van der Waals surface area contributed by atoms with Crippen LogP contribution in [0.15, 0.2) is 102 Å². The molecule has 1 aliphatic heterocycles. The molecule has 5 aromatic rings. The average molecular weight is 570 g/mol. The van der Waals surface area contributed by atoms with Crippen LogP contribution in [0.25, 0.3) is 10.2 Å². The normalized spacial score (nSPS) is 12.9.